The van der Waals surface area contributed by atoms with Crippen molar-refractivity contribution in [1.29, 1.82) is 0 Å². The van der Waals surface area contributed by atoms with Crippen LogP contribution in [0.1, 0.15) is 13.3 Å². The highest BCUT2D eigenvalue weighted by Gasteiger charge is 2.82. The van der Waals surface area contributed by atoms with E-state index >= 15 is 0 Å². The first-order valence-corrected chi connectivity index (χ1v) is 10.4. The predicted molar refractivity (Wildman–Crippen MR) is 101 cm³/mol. The van der Waals surface area contributed by atoms with Crippen molar-refractivity contribution in [3.8, 4) is 0 Å². The number of carbonyl (C=O) groups excluding carboxylic acids is 2. The van der Waals surface area contributed by atoms with Crippen LogP contribution in [0.25, 0.3) is 0 Å². The Labute approximate surface area is 180 Å². The summed E-state index contributed by atoms with van der Waals surface area (Å²) >= 11 is 32.3. The number of ether oxygens (including phenoxy) is 1. The number of rotatable bonds is 3. The molecule has 3 aliphatic heterocycles. The standard InChI is InChI=1S/C17H14Cl5NO4/c1-5(18)2-3-26-23-14(24)6-7(15(23)25)11-9-8(10(6)27-11)16(21)4-17(9,22)13(20)12(16)19/h2,6-11H,3-4H2,1H3/b5-2+/t6-,7+,8-,9-,10+,11+,16+,17+/m0/s1. The van der Waals surface area contributed by atoms with Gasteiger partial charge in [-0.3, -0.25) is 14.4 Å². The molecule has 4 bridgehead atoms. The first-order chi connectivity index (χ1) is 12.6. The van der Waals surface area contributed by atoms with Gasteiger partial charge in [-0.1, -0.05) is 34.8 Å². The lowest BCUT2D eigenvalue weighted by molar-refractivity contribution is -0.189. The minimum Gasteiger partial charge on any atom is -0.373 e. The number of amides is 2. The number of fused-ring (bicyclic) bond motifs is 12. The van der Waals surface area contributed by atoms with E-state index < -0.39 is 45.6 Å². The zero-order valence-electron chi connectivity index (χ0n) is 13.9. The number of halogens is 5. The largest absolute Gasteiger partial charge is 0.373 e. The Balaban J connectivity index is 1.49. The highest BCUT2D eigenvalue weighted by molar-refractivity contribution is 6.51. The smallest absolute Gasteiger partial charge is 0.260 e. The molecule has 0 aromatic carbocycles. The summed E-state index contributed by atoms with van der Waals surface area (Å²) in [5.41, 5.74) is 0. The lowest BCUT2D eigenvalue weighted by Gasteiger charge is -2.40. The maximum atomic E-state index is 12.9. The Morgan fingerprint density at radius 3 is 2.07 bits per heavy atom. The molecule has 0 unspecified atom stereocenters. The van der Waals surface area contributed by atoms with Gasteiger partial charge in [-0.25, -0.2) is 0 Å². The third kappa shape index (κ3) is 2.12. The number of imide groups is 1. The molecule has 5 nitrogen and oxygen atoms in total. The van der Waals surface area contributed by atoms with Crippen molar-refractivity contribution in [2.45, 2.75) is 35.3 Å². The quantitative estimate of drug-likeness (QED) is 0.463. The van der Waals surface area contributed by atoms with E-state index in [1.54, 1.807) is 13.0 Å². The molecule has 8 atom stereocenters. The fourth-order valence-electron chi connectivity index (χ4n) is 5.62. The van der Waals surface area contributed by atoms with Crippen LogP contribution < -0.4 is 0 Å². The number of hydrogen-bond acceptors (Lipinski definition) is 4. The van der Waals surface area contributed by atoms with Crippen LogP contribution in [0.5, 0.6) is 0 Å². The van der Waals surface area contributed by atoms with Crippen molar-refractivity contribution in [3.05, 3.63) is 21.2 Å². The summed E-state index contributed by atoms with van der Waals surface area (Å²) in [6.45, 7) is 1.70. The van der Waals surface area contributed by atoms with Gasteiger partial charge >= 0.3 is 0 Å². The second kappa shape index (κ2) is 5.78. The summed E-state index contributed by atoms with van der Waals surface area (Å²) in [7, 11) is 0. The van der Waals surface area contributed by atoms with Gasteiger partial charge in [0.05, 0.1) is 50.5 Å². The monoisotopic (exact) mass is 471 g/mol. The molecule has 3 saturated heterocycles. The van der Waals surface area contributed by atoms with E-state index in [4.69, 9.17) is 67.6 Å². The van der Waals surface area contributed by atoms with Crippen molar-refractivity contribution in [1.82, 2.24) is 5.06 Å². The van der Waals surface area contributed by atoms with Gasteiger partial charge in [-0.2, -0.15) is 5.06 Å². The van der Waals surface area contributed by atoms with E-state index in [1.807, 2.05) is 0 Å². The van der Waals surface area contributed by atoms with Crippen LogP contribution in [-0.4, -0.2) is 45.4 Å². The van der Waals surface area contributed by atoms with Crippen LogP contribution in [0.2, 0.25) is 0 Å². The molecule has 0 radical (unpaired) electrons. The number of allylic oxidation sites excluding steroid dienone is 3. The molecule has 5 rings (SSSR count). The maximum Gasteiger partial charge on any atom is 0.260 e. The van der Waals surface area contributed by atoms with Gasteiger partial charge in [0.15, 0.2) is 0 Å². The molecular weight excluding hydrogens is 459 g/mol. The molecule has 0 aromatic heterocycles. The lowest BCUT2D eigenvalue weighted by atomic mass is 9.65. The SMILES string of the molecule is C/C(Cl)=C\CON1C(=O)[C@@H]2[C@H]3O[C@H]([C@@H]2C1=O)[C@@H]1[C@@H]3[C@]2(Cl)C[C@]1(Cl)C(Cl)=C2Cl. The maximum absolute atomic E-state index is 12.9. The van der Waals surface area contributed by atoms with Crippen molar-refractivity contribution < 1.29 is 19.2 Å². The topological polar surface area (TPSA) is 55.8 Å². The van der Waals surface area contributed by atoms with Crippen LogP contribution in [0, 0.1) is 23.7 Å². The fourth-order valence-corrected chi connectivity index (χ4v) is 7.70. The first-order valence-electron chi connectivity index (χ1n) is 8.55. The van der Waals surface area contributed by atoms with E-state index in [1.165, 1.54) is 0 Å². The molecule has 146 valence electrons. The molecule has 1 saturated carbocycles. The van der Waals surface area contributed by atoms with Crippen molar-refractivity contribution in [3.63, 3.8) is 0 Å². The second-order valence-corrected chi connectivity index (χ2v) is 10.5. The number of hydroxylamine groups is 2. The summed E-state index contributed by atoms with van der Waals surface area (Å²) in [6.07, 6.45) is 0.851. The van der Waals surface area contributed by atoms with Crippen molar-refractivity contribution in [2.75, 3.05) is 6.61 Å². The van der Waals surface area contributed by atoms with Gasteiger partial charge in [-0.15, -0.1) is 23.2 Å². The molecule has 2 aliphatic carbocycles. The zero-order chi connectivity index (χ0) is 19.5. The highest BCUT2D eigenvalue weighted by atomic mass is 35.5. The average molecular weight is 474 g/mol. The molecule has 5 aliphatic rings. The molecule has 10 heteroatoms. The average Bonchev–Trinajstić information content (AvgIpc) is 3.32. The van der Waals surface area contributed by atoms with E-state index in [0.717, 1.165) is 5.06 Å². The number of alkyl halides is 2. The Kier molecular flexibility index (Phi) is 4.06. The minimum atomic E-state index is -0.967. The Morgan fingerprint density at radius 1 is 1.15 bits per heavy atom. The minimum absolute atomic E-state index is 0.0212. The Bertz CT molecular complexity index is 787. The summed E-state index contributed by atoms with van der Waals surface area (Å²) < 4.78 is 6.08. The molecule has 0 N–H and O–H groups in total. The van der Waals surface area contributed by atoms with Crippen LogP contribution in [-0.2, 0) is 19.2 Å². The van der Waals surface area contributed by atoms with Gasteiger partial charge < -0.3 is 4.74 Å². The highest BCUT2D eigenvalue weighted by Crippen LogP contribution is 2.75. The summed E-state index contributed by atoms with van der Waals surface area (Å²) in [5, 5.41) is 1.98. The summed E-state index contributed by atoms with van der Waals surface area (Å²) in [6, 6.07) is 0. The molecule has 2 amide bonds. The van der Waals surface area contributed by atoms with Crippen LogP contribution >= 0.6 is 58.0 Å². The molecule has 3 heterocycles. The van der Waals surface area contributed by atoms with Crippen LogP contribution in [0.15, 0.2) is 21.2 Å². The van der Waals surface area contributed by atoms with E-state index in [0.29, 0.717) is 21.5 Å². The molecule has 0 aromatic rings. The lowest BCUT2D eigenvalue weighted by Crippen LogP contribution is -2.50. The van der Waals surface area contributed by atoms with E-state index in [-0.39, 0.29) is 18.4 Å². The molecular formula is C17H14Cl5NO4. The number of carbonyl (C=O) groups is 2. The summed E-state index contributed by atoms with van der Waals surface area (Å²) in [4.78, 5) is 29.2. The first kappa shape index (κ1) is 19.0. The third-order valence-corrected chi connectivity index (χ3v) is 9.18. The van der Waals surface area contributed by atoms with Crippen LogP contribution in [0.3, 0.4) is 0 Å². The predicted octanol–water partition coefficient (Wildman–Crippen LogP) is 3.74. The van der Waals surface area contributed by atoms with Gasteiger partial charge in [0.25, 0.3) is 11.8 Å². The second-order valence-electron chi connectivity index (χ2n) is 7.76. The van der Waals surface area contributed by atoms with Gasteiger partial charge in [0, 0.05) is 16.9 Å². The van der Waals surface area contributed by atoms with E-state index in [2.05, 4.69) is 0 Å². The number of hydrogen-bond donors (Lipinski definition) is 0. The van der Waals surface area contributed by atoms with Gasteiger partial charge in [-0.05, 0) is 19.4 Å². The summed E-state index contributed by atoms with van der Waals surface area (Å²) in [5.74, 6) is -2.70. The van der Waals surface area contributed by atoms with Gasteiger partial charge in [0.1, 0.15) is 0 Å². The Hall–Kier alpha value is -0.0100. The molecule has 27 heavy (non-hydrogen) atoms. The van der Waals surface area contributed by atoms with Crippen LogP contribution in [0.4, 0.5) is 0 Å². The van der Waals surface area contributed by atoms with E-state index in [9.17, 15) is 9.59 Å². The van der Waals surface area contributed by atoms with Crippen molar-refractivity contribution >= 4 is 69.8 Å². The Morgan fingerprint density at radius 2 is 1.63 bits per heavy atom. The van der Waals surface area contributed by atoms with Crippen molar-refractivity contribution in [2.24, 2.45) is 23.7 Å². The van der Waals surface area contributed by atoms with Gasteiger partial charge in [0.2, 0.25) is 0 Å². The number of nitrogens with zero attached hydrogens (tertiary/aromatic N) is 1. The zero-order valence-corrected chi connectivity index (χ0v) is 17.7. The normalized spacial score (nSPS) is 50.3. The fraction of sp³-hybridized carbons (Fsp3) is 0.647. The third-order valence-electron chi connectivity index (χ3n) is 6.54. The molecule has 0 spiro atoms. The molecule has 4 fully saturated rings.